The van der Waals surface area contributed by atoms with Crippen LogP contribution in [0, 0.1) is 5.92 Å². The van der Waals surface area contributed by atoms with Crippen LogP contribution in [0.2, 0.25) is 0 Å². The highest BCUT2D eigenvalue weighted by molar-refractivity contribution is 5.93. The molecule has 5 nitrogen and oxygen atoms in total. The molecule has 1 fully saturated rings. The molecular weight excluding hydrogens is 336 g/mol. The smallest absolute Gasteiger partial charge is 0.229 e. The van der Waals surface area contributed by atoms with Gasteiger partial charge in [0, 0.05) is 18.8 Å². The summed E-state index contributed by atoms with van der Waals surface area (Å²) in [5.41, 5.74) is 3.87. The van der Waals surface area contributed by atoms with E-state index in [0.717, 1.165) is 48.3 Å². The predicted octanol–water partition coefficient (Wildman–Crippen LogP) is 4.05. The van der Waals surface area contributed by atoms with E-state index in [0.29, 0.717) is 6.54 Å². The molecule has 0 saturated carbocycles. The van der Waals surface area contributed by atoms with Crippen molar-refractivity contribution in [3.8, 4) is 0 Å². The summed E-state index contributed by atoms with van der Waals surface area (Å²) in [5, 5.41) is 3.13. The van der Waals surface area contributed by atoms with E-state index in [9.17, 15) is 4.79 Å². The topological polar surface area (TPSA) is 58.1 Å². The van der Waals surface area contributed by atoms with Gasteiger partial charge in [0.2, 0.25) is 5.91 Å². The van der Waals surface area contributed by atoms with Crippen molar-refractivity contribution in [1.82, 2.24) is 9.97 Å². The lowest BCUT2D eigenvalue weighted by atomic mass is 9.96. The Kier molecular flexibility index (Phi) is 5.01. The molecule has 4 rings (SSSR count). The van der Waals surface area contributed by atoms with Gasteiger partial charge in [0.05, 0.1) is 23.1 Å². The van der Waals surface area contributed by atoms with Crippen LogP contribution in [0.5, 0.6) is 0 Å². The third-order valence-corrected chi connectivity index (χ3v) is 5.21. The number of anilines is 2. The van der Waals surface area contributed by atoms with Crippen LogP contribution in [-0.2, 0) is 11.2 Å². The maximum absolute atomic E-state index is 12.9. The SMILES string of the molecule is CCc1ccccc1NC(=O)[C@H]1CCCN(c2cnc3ccccc3n2)C1. The Morgan fingerprint density at radius 2 is 1.93 bits per heavy atom. The van der Waals surface area contributed by atoms with Crippen LogP contribution in [0.3, 0.4) is 0 Å². The number of amides is 1. The second-order valence-corrected chi connectivity index (χ2v) is 7.00. The molecule has 0 bridgehead atoms. The van der Waals surface area contributed by atoms with Crippen molar-refractivity contribution in [2.45, 2.75) is 26.2 Å². The minimum atomic E-state index is -0.0445. The minimum absolute atomic E-state index is 0.0445. The third kappa shape index (κ3) is 3.77. The zero-order valence-electron chi connectivity index (χ0n) is 15.6. The second-order valence-electron chi connectivity index (χ2n) is 7.00. The maximum atomic E-state index is 12.9. The minimum Gasteiger partial charge on any atom is -0.355 e. The zero-order chi connectivity index (χ0) is 18.6. The molecule has 3 aromatic rings. The van der Waals surface area contributed by atoms with Crippen LogP contribution < -0.4 is 10.2 Å². The van der Waals surface area contributed by atoms with Gasteiger partial charge in [-0.05, 0) is 43.0 Å². The lowest BCUT2D eigenvalue weighted by Gasteiger charge is -2.32. The monoisotopic (exact) mass is 360 g/mol. The molecule has 0 spiro atoms. The van der Waals surface area contributed by atoms with Gasteiger partial charge in [0.15, 0.2) is 0 Å². The Labute approximate surface area is 159 Å². The van der Waals surface area contributed by atoms with E-state index in [4.69, 9.17) is 4.98 Å². The first-order valence-corrected chi connectivity index (χ1v) is 9.60. The molecule has 0 unspecified atom stereocenters. The quantitative estimate of drug-likeness (QED) is 0.763. The number of nitrogens with zero attached hydrogens (tertiary/aromatic N) is 3. The summed E-state index contributed by atoms with van der Waals surface area (Å²) in [6.45, 7) is 3.68. The summed E-state index contributed by atoms with van der Waals surface area (Å²) in [4.78, 5) is 24.3. The van der Waals surface area contributed by atoms with Gasteiger partial charge in [0.1, 0.15) is 5.82 Å². The van der Waals surface area contributed by atoms with E-state index in [1.165, 1.54) is 5.56 Å². The fourth-order valence-electron chi connectivity index (χ4n) is 3.68. The predicted molar refractivity (Wildman–Crippen MR) is 109 cm³/mol. The van der Waals surface area contributed by atoms with Crippen molar-refractivity contribution in [3.05, 3.63) is 60.3 Å². The molecule has 0 aliphatic carbocycles. The fraction of sp³-hybridized carbons (Fsp3) is 0.318. The number of hydrogen-bond acceptors (Lipinski definition) is 4. The van der Waals surface area contributed by atoms with Gasteiger partial charge in [-0.3, -0.25) is 9.78 Å². The van der Waals surface area contributed by atoms with Crippen molar-refractivity contribution in [1.29, 1.82) is 0 Å². The molecule has 138 valence electrons. The van der Waals surface area contributed by atoms with Gasteiger partial charge in [-0.25, -0.2) is 4.98 Å². The van der Waals surface area contributed by atoms with Gasteiger partial charge in [0.25, 0.3) is 0 Å². The molecule has 1 aliphatic rings. The Hall–Kier alpha value is -2.95. The number of nitrogens with one attached hydrogen (secondary N) is 1. The molecule has 27 heavy (non-hydrogen) atoms. The summed E-state index contributed by atoms with van der Waals surface area (Å²) < 4.78 is 0. The number of para-hydroxylation sites is 3. The molecule has 1 saturated heterocycles. The summed E-state index contributed by atoms with van der Waals surface area (Å²) in [5.74, 6) is 0.895. The number of carbonyl (C=O) groups excluding carboxylic acids is 1. The summed E-state index contributed by atoms with van der Waals surface area (Å²) in [7, 11) is 0. The second kappa shape index (κ2) is 7.74. The molecule has 1 aromatic heterocycles. The van der Waals surface area contributed by atoms with Crippen molar-refractivity contribution in [2.24, 2.45) is 5.92 Å². The highest BCUT2D eigenvalue weighted by atomic mass is 16.1. The Morgan fingerprint density at radius 1 is 1.15 bits per heavy atom. The number of aryl methyl sites for hydroxylation is 1. The molecule has 1 amide bonds. The van der Waals surface area contributed by atoms with E-state index in [-0.39, 0.29) is 11.8 Å². The average Bonchev–Trinajstić information content (AvgIpc) is 2.74. The van der Waals surface area contributed by atoms with Crippen LogP contribution in [0.15, 0.2) is 54.7 Å². The standard InChI is InChI=1S/C22H24N4O/c1-2-16-8-3-4-10-18(16)25-22(27)17-9-7-13-26(15-17)21-14-23-19-11-5-6-12-20(19)24-21/h3-6,8,10-12,14,17H,2,7,9,13,15H2,1H3,(H,25,27)/t17-/m0/s1. The Morgan fingerprint density at radius 3 is 2.78 bits per heavy atom. The van der Waals surface area contributed by atoms with Crippen LogP contribution in [0.4, 0.5) is 11.5 Å². The number of aromatic nitrogens is 2. The van der Waals surface area contributed by atoms with Crippen LogP contribution >= 0.6 is 0 Å². The molecule has 2 heterocycles. The first kappa shape index (κ1) is 17.5. The number of rotatable bonds is 4. The van der Waals surface area contributed by atoms with Gasteiger partial charge in [-0.1, -0.05) is 37.3 Å². The largest absolute Gasteiger partial charge is 0.355 e. The molecular formula is C22H24N4O. The van der Waals surface area contributed by atoms with Gasteiger partial charge in [-0.2, -0.15) is 0 Å². The summed E-state index contributed by atoms with van der Waals surface area (Å²) in [6.07, 6.45) is 4.59. The highest BCUT2D eigenvalue weighted by Gasteiger charge is 2.27. The van der Waals surface area contributed by atoms with Crippen molar-refractivity contribution in [2.75, 3.05) is 23.3 Å². The molecule has 0 radical (unpaired) electrons. The fourth-order valence-corrected chi connectivity index (χ4v) is 3.68. The maximum Gasteiger partial charge on any atom is 0.229 e. The number of hydrogen-bond donors (Lipinski definition) is 1. The zero-order valence-corrected chi connectivity index (χ0v) is 15.6. The van der Waals surface area contributed by atoms with E-state index < -0.39 is 0 Å². The van der Waals surface area contributed by atoms with Gasteiger partial charge < -0.3 is 10.2 Å². The van der Waals surface area contributed by atoms with Crippen molar-refractivity contribution >= 4 is 28.4 Å². The van der Waals surface area contributed by atoms with E-state index in [1.54, 1.807) is 0 Å². The number of piperidine rings is 1. The van der Waals surface area contributed by atoms with E-state index in [2.05, 4.69) is 28.2 Å². The van der Waals surface area contributed by atoms with Gasteiger partial charge >= 0.3 is 0 Å². The lowest BCUT2D eigenvalue weighted by molar-refractivity contribution is -0.120. The molecule has 5 heteroatoms. The lowest BCUT2D eigenvalue weighted by Crippen LogP contribution is -2.41. The molecule has 1 aliphatic heterocycles. The summed E-state index contributed by atoms with van der Waals surface area (Å²) in [6, 6.07) is 15.9. The average molecular weight is 360 g/mol. The van der Waals surface area contributed by atoms with Crippen molar-refractivity contribution < 1.29 is 4.79 Å². The first-order chi connectivity index (χ1) is 13.2. The Balaban J connectivity index is 1.49. The number of fused-ring (bicyclic) bond motifs is 1. The van der Waals surface area contributed by atoms with Crippen LogP contribution in [0.1, 0.15) is 25.3 Å². The first-order valence-electron chi connectivity index (χ1n) is 9.60. The number of carbonyl (C=O) groups is 1. The number of benzene rings is 2. The Bertz CT molecular complexity index is 956. The van der Waals surface area contributed by atoms with E-state index >= 15 is 0 Å². The molecule has 1 atom stereocenters. The molecule has 2 aromatic carbocycles. The summed E-state index contributed by atoms with van der Waals surface area (Å²) >= 11 is 0. The van der Waals surface area contributed by atoms with Crippen LogP contribution in [0.25, 0.3) is 11.0 Å². The third-order valence-electron chi connectivity index (χ3n) is 5.21. The normalized spacial score (nSPS) is 17.1. The molecule has 1 N–H and O–H groups in total. The highest BCUT2D eigenvalue weighted by Crippen LogP contribution is 2.24. The van der Waals surface area contributed by atoms with Gasteiger partial charge in [-0.15, -0.1) is 0 Å². The van der Waals surface area contributed by atoms with E-state index in [1.807, 2.05) is 48.7 Å². The van der Waals surface area contributed by atoms with Crippen molar-refractivity contribution in [3.63, 3.8) is 0 Å². The van der Waals surface area contributed by atoms with Crippen LogP contribution in [-0.4, -0.2) is 29.0 Å².